The second kappa shape index (κ2) is 30.5. The number of rotatable bonds is 33. The number of benzene rings is 4. The van der Waals surface area contributed by atoms with E-state index in [2.05, 4.69) is 192 Å². The molecule has 0 saturated heterocycles. The Balaban J connectivity index is 1.26. The fourth-order valence-electron chi connectivity index (χ4n) is 19.7. The van der Waals surface area contributed by atoms with E-state index in [4.69, 9.17) is 9.97 Å². The van der Waals surface area contributed by atoms with Crippen molar-refractivity contribution in [3.8, 4) is 44.5 Å². The van der Waals surface area contributed by atoms with E-state index in [1.165, 1.54) is 247 Å². The largest absolute Gasteiger partial charge is 0.355 e. The molecule has 2 N–H and O–H groups in total. The second-order valence-electron chi connectivity index (χ2n) is 31.0. The Bertz CT molecular complexity index is 4210. The Morgan fingerprint density at radius 1 is 0.330 bits per heavy atom. The van der Waals surface area contributed by atoms with Crippen molar-refractivity contribution < 1.29 is 0 Å². The lowest BCUT2D eigenvalue weighted by molar-refractivity contribution is 0.389. The van der Waals surface area contributed by atoms with E-state index in [9.17, 15) is 0 Å². The summed E-state index contributed by atoms with van der Waals surface area (Å²) in [6, 6.07) is 35.6. The molecule has 0 fully saturated rings. The van der Waals surface area contributed by atoms with Crippen LogP contribution in [0.3, 0.4) is 0 Å². The molecule has 3 aliphatic carbocycles. The summed E-state index contributed by atoms with van der Waals surface area (Å²) >= 11 is 0. The molecule has 97 heavy (non-hydrogen) atoms. The highest BCUT2D eigenvalue weighted by molar-refractivity contribution is 6.07. The van der Waals surface area contributed by atoms with Crippen LogP contribution in [-0.4, -0.2) is 19.9 Å². The number of hydrogen-bond acceptors (Lipinski definition) is 2. The number of unbranched alkanes of at least 4 members (excludes halogenated alkanes) is 18. The van der Waals surface area contributed by atoms with Gasteiger partial charge in [-0.15, -0.1) is 0 Å². The summed E-state index contributed by atoms with van der Waals surface area (Å²) in [7, 11) is 0. The van der Waals surface area contributed by atoms with Crippen LogP contribution >= 0.6 is 0 Å². The van der Waals surface area contributed by atoms with E-state index in [0.717, 1.165) is 65.0 Å². The highest BCUT2D eigenvalue weighted by Crippen LogP contribution is 2.72. The molecular formula is C93H122N4. The van der Waals surface area contributed by atoms with Gasteiger partial charge in [0.25, 0.3) is 0 Å². The first-order valence-corrected chi connectivity index (χ1v) is 40.0. The number of aryl methyl sites for hydroxylation is 4. The van der Waals surface area contributed by atoms with Crippen LogP contribution in [0.5, 0.6) is 0 Å². The number of allylic oxidation sites excluding steroid dienone is 4. The lowest BCUT2D eigenvalue weighted by Gasteiger charge is -2.39. The summed E-state index contributed by atoms with van der Waals surface area (Å²) in [5.74, 6) is 0. The normalized spacial score (nSPS) is 15.2. The first kappa shape index (κ1) is 70.3. The number of nitrogens with zero attached hydrogens (tertiary/aromatic N) is 2. The number of aromatic amines is 2. The van der Waals surface area contributed by atoms with Gasteiger partial charge < -0.3 is 9.97 Å². The zero-order valence-corrected chi connectivity index (χ0v) is 63.1. The van der Waals surface area contributed by atoms with Crippen molar-refractivity contribution in [2.75, 3.05) is 0 Å². The molecule has 0 spiro atoms. The van der Waals surface area contributed by atoms with Crippen molar-refractivity contribution in [2.24, 2.45) is 0 Å². The van der Waals surface area contributed by atoms with E-state index in [-0.39, 0.29) is 16.2 Å². The fraction of sp³-hybridized carbons (Fsp3) is 0.527. The molecule has 5 heterocycles. The third kappa shape index (κ3) is 12.5. The molecule has 8 bridgehead atoms. The SMILES string of the molecule is CCCCCCC1(CCCCCC)c2ccccc2-c2c1c1c(c3c2C(CCCCCC)(CCCCCC)c2cc(-c4c5nc(cc6[nH]c(cc7nc(cc8[nH]c4c(C)c8C)C(C)=C7CC)c(CC)c6C)C(C)=C5C)ccc2-3)C(CCCCCC)(CCCCCC)c2ccccc2-1. The van der Waals surface area contributed by atoms with Crippen molar-refractivity contribution in [3.63, 3.8) is 0 Å². The number of H-pyrrole nitrogens is 2. The van der Waals surface area contributed by atoms with Gasteiger partial charge in [0.2, 0.25) is 0 Å². The molecule has 4 heteroatoms. The maximum atomic E-state index is 5.96. The van der Waals surface area contributed by atoms with Crippen molar-refractivity contribution in [1.82, 2.24) is 19.9 Å². The van der Waals surface area contributed by atoms with Gasteiger partial charge in [0.15, 0.2) is 0 Å². The Labute approximate surface area is 587 Å². The lowest BCUT2D eigenvalue weighted by atomic mass is 9.63. The number of fused-ring (bicyclic) bond motifs is 20. The summed E-state index contributed by atoms with van der Waals surface area (Å²) < 4.78 is 0. The molecule has 0 unspecified atom stereocenters. The minimum absolute atomic E-state index is 0.0895. The lowest BCUT2D eigenvalue weighted by Crippen LogP contribution is -2.31. The molecule has 4 aromatic carbocycles. The Hall–Kier alpha value is -6.52. The molecule has 12 rings (SSSR count). The molecular weight excluding hydrogens is 1170 g/mol. The molecule has 2 aliphatic heterocycles. The zero-order valence-electron chi connectivity index (χ0n) is 63.1. The minimum atomic E-state index is -0.228. The van der Waals surface area contributed by atoms with Gasteiger partial charge in [0, 0.05) is 38.4 Å². The highest BCUT2D eigenvalue weighted by atomic mass is 14.8. The minimum Gasteiger partial charge on any atom is -0.355 e. The maximum absolute atomic E-state index is 5.96. The average molecular weight is 1300 g/mol. The molecule has 4 nitrogen and oxygen atoms in total. The van der Waals surface area contributed by atoms with Gasteiger partial charge in [-0.05, 0) is 234 Å². The quantitative estimate of drug-likeness (QED) is 0.0403. The smallest absolute Gasteiger partial charge is 0.0768 e. The summed E-state index contributed by atoms with van der Waals surface area (Å²) in [6.07, 6.45) is 39.4. The van der Waals surface area contributed by atoms with Gasteiger partial charge in [0.05, 0.1) is 28.3 Å². The first-order valence-electron chi connectivity index (χ1n) is 40.0. The molecule has 0 radical (unpaired) electrons. The number of aromatic nitrogens is 4. The van der Waals surface area contributed by atoms with Crippen molar-refractivity contribution in [1.29, 1.82) is 0 Å². The van der Waals surface area contributed by atoms with Gasteiger partial charge in [-0.2, -0.15) is 0 Å². The summed E-state index contributed by atoms with van der Waals surface area (Å²) in [5.41, 5.74) is 41.0. The Morgan fingerprint density at radius 3 is 1.19 bits per heavy atom. The van der Waals surface area contributed by atoms with E-state index in [0.29, 0.717) is 0 Å². The maximum Gasteiger partial charge on any atom is 0.0768 e. The van der Waals surface area contributed by atoms with Gasteiger partial charge in [0.1, 0.15) is 0 Å². The molecule has 5 aliphatic rings. The van der Waals surface area contributed by atoms with Crippen LogP contribution in [0, 0.1) is 20.8 Å². The van der Waals surface area contributed by atoms with Gasteiger partial charge in [-0.25, -0.2) is 9.97 Å². The topological polar surface area (TPSA) is 57.4 Å². The van der Waals surface area contributed by atoms with Crippen molar-refractivity contribution in [3.05, 3.63) is 163 Å². The average Bonchev–Trinajstić information content (AvgIpc) is 1.48. The van der Waals surface area contributed by atoms with Crippen LogP contribution in [0.1, 0.15) is 354 Å². The van der Waals surface area contributed by atoms with Gasteiger partial charge >= 0.3 is 0 Å². The van der Waals surface area contributed by atoms with E-state index in [1.807, 2.05) is 0 Å². The zero-order chi connectivity index (χ0) is 68.2. The monoisotopic (exact) mass is 1290 g/mol. The van der Waals surface area contributed by atoms with Crippen LogP contribution in [-0.2, 0) is 22.7 Å². The molecule has 514 valence electrons. The number of nitrogens with one attached hydrogen (secondary N) is 2. The van der Waals surface area contributed by atoms with Gasteiger partial charge in [-0.3, -0.25) is 0 Å². The molecule has 0 saturated carbocycles. The third-order valence-corrected chi connectivity index (χ3v) is 25.2. The summed E-state index contributed by atoms with van der Waals surface area (Å²) in [6.45, 7) is 33.0. The number of hydrogen-bond donors (Lipinski definition) is 2. The van der Waals surface area contributed by atoms with Crippen LogP contribution in [0.15, 0.2) is 84.9 Å². The predicted molar refractivity (Wildman–Crippen MR) is 422 cm³/mol. The van der Waals surface area contributed by atoms with Crippen LogP contribution in [0.25, 0.3) is 88.9 Å². The summed E-state index contributed by atoms with van der Waals surface area (Å²) in [5, 5.41) is 0. The van der Waals surface area contributed by atoms with Crippen LogP contribution in [0.2, 0.25) is 0 Å². The molecule has 0 amide bonds. The first-order chi connectivity index (χ1) is 47.3. The van der Waals surface area contributed by atoms with E-state index < -0.39 is 0 Å². The standard InChI is InChI=1S/C93H122N4/c1-15-23-29-39-51-91(52-40-30-24-16-2)74-48-38-36-46-71(74)84-86(91)83-70-45-35-37-47-73(70)92(53-41-31-25-17-3,54-42-32-26-18-4)87(83)85-72-50-49-67(57-75(72)93(88(84)85,55-43-33-27-19-5)56-44-34-28-20-6)82-89-63(11)61(9)76(96-89)58-78-65(13)68(21-7)80(94-78)60-81-69(22-8)66(14)79(95-81)59-77-62(10)64(12)90(82)97-77/h35-38,45-50,57-60,94,97H,15-34,39-44,51-56H2,1-14H3. The Morgan fingerprint density at radius 2 is 0.742 bits per heavy atom. The molecule has 0 atom stereocenters. The van der Waals surface area contributed by atoms with Gasteiger partial charge in [-0.1, -0.05) is 270 Å². The summed E-state index contributed by atoms with van der Waals surface area (Å²) in [4.78, 5) is 19.7. The van der Waals surface area contributed by atoms with E-state index in [1.54, 1.807) is 61.2 Å². The van der Waals surface area contributed by atoms with Crippen molar-refractivity contribution in [2.45, 2.75) is 319 Å². The van der Waals surface area contributed by atoms with Crippen molar-refractivity contribution >= 4 is 44.4 Å². The second-order valence-corrected chi connectivity index (χ2v) is 31.0. The van der Waals surface area contributed by atoms with E-state index >= 15 is 0 Å². The molecule has 3 aromatic heterocycles. The van der Waals surface area contributed by atoms with Crippen LogP contribution < -0.4 is 0 Å². The highest BCUT2D eigenvalue weighted by Gasteiger charge is 2.57. The predicted octanol–water partition coefficient (Wildman–Crippen LogP) is 28.4. The third-order valence-electron chi connectivity index (χ3n) is 25.2. The van der Waals surface area contributed by atoms with Crippen LogP contribution in [0.4, 0.5) is 0 Å². The molecule has 7 aromatic rings. The fourth-order valence-corrected chi connectivity index (χ4v) is 19.7. The Kier molecular flexibility index (Phi) is 22.1.